The van der Waals surface area contributed by atoms with E-state index >= 15 is 0 Å². The molecule has 0 aromatic rings. The summed E-state index contributed by atoms with van der Waals surface area (Å²) in [7, 11) is 0. The van der Waals surface area contributed by atoms with Crippen molar-refractivity contribution in [2.75, 3.05) is 13.1 Å². The summed E-state index contributed by atoms with van der Waals surface area (Å²) in [6.07, 6.45) is 3.53. The second-order valence-corrected chi connectivity index (χ2v) is 8.64. The Morgan fingerprint density at radius 2 is 1.42 bits per heavy atom. The summed E-state index contributed by atoms with van der Waals surface area (Å²) in [4.78, 5) is 49.8. The second-order valence-electron chi connectivity index (χ2n) is 8.64. The van der Waals surface area contributed by atoms with Gasteiger partial charge in [-0.25, -0.2) is 0 Å². The third-order valence-electron chi connectivity index (χ3n) is 5.73. The monoisotopic (exact) mass is 471 g/mol. The molecule has 0 aliphatic heterocycles. The number of amides is 3. The van der Waals surface area contributed by atoms with E-state index in [1.54, 1.807) is 6.92 Å². The molecule has 3 amide bonds. The summed E-state index contributed by atoms with van der Waals surface area (Å²) in [6.45, 7) is 7.70. The van der Waals surface area contributed by atoms with Crippen molar-refractivity contribution in [3.8, 4) is 0 Å². The van der Waals surface area contributed by atoms with Crippen LogP contribution in [0.1, 0.15) is 79.1 Å². The van der Waals surface area contributed by atoms with E-state index in [0.29, 0.717) is 12.3 Å². The number of aliphatic hydroxyl groups is 1. The highest BCUT2D eigenvalue weighted by molar-refractivity contribution is 5.94. The van der Waals surface area contributed by atoms with Crippen molar-refractivity contribution in [2.24, 2.45) is 17.4 Å². The maximum atomic E-state index is 12.8. The molecule has 33 heavy (non-hydrogen) atoms. The fourth-order valence-corrected chi connectivity index (χ4v) is 3.33. The molecule has 0 fully saturated rings. The van der Waals surface area contributed by atoms with Crippen LogP contribution in [-0.2, 0) is 19.2 Å². The minimum absolute atomic E-state index is 0.154. The van der Waals surface area contributed by atoms with E-state index in [1.807, 2.05) is 0 Å². The van der Waals surface area contributed by atoms with Crippen LogP contribution in [0.25, 0.3) is 0 Å². The quantitative estimate of drug-likeness (QED) is 0.154. The molecule has 192 valence electrons. The number of hydrogen-bond acceptors (Lipinski definition) is 7. The number of rotatable bonds is 18. The van der Waals surface area contributed by atoms with Crippen LogP contribution in [0.4, 0.5) is 0 Å². The van der Waals surface area contributed by atoms with Gasteiger partial charge in [0.1, 0.15) is 12.1 Å². The summed E-state index contributed by atoms with van der Waals surface area (Å²) in [5.41, 5.74) is 11.1. The highest BCUT2D eigenvalue weighted by Gasteiger charge is 2.31. The minimum Gasteiger partial charge on any atom is -0.391 e. The van der Waals surface area contributed by atoms with Crippen LogP contribution >= 0.6 is 0 Å². The number of hydrogen-bond donors (Lipinski definition) is 6. The minimum atomic E-state index is -1.30. The first-order chi connectivity index (χ1) is 15.6. The first kappa shape index (κ1) is 31.0. The number of nitrogens with two attached hydrogens (primary N) is 2. The van der Waals surface area contributed by atoms with Gasteiger partial charge in [-0.2, -0.15) is 0 Å². The highest BCUT2D eigenvalue weighted by Crippen LogP contribution is 2.12. The number of unbranched alkanes of at least 4 members (excludes halogenated alkanes) is 1. The lowest BCUT2D eigenvalue weighted by atomic mass is 10.0. The number of carbonyl (C=O) groups is 4. The van der Waals surface area contributed by atoms with Gasteiger partial charge in [0.2, 0.25) is 17.7 Å². The molecule has 0 saturated carbocycles. The topological polar surface area (TPSA) is 177 Å². The van der Waals surface area contributed by atoms with Crippen LogP contribution in [0.15, 0.2) is 0 Å². The van der Waals surface area contributed by atoms with Crippen LogP contribution in [0.3, 0.4) is 0 Å². The van der Waals surface area contributed by atoms with Gasteiger partial charge in [-0.05, 0) is 45.2 Å². The zero-order valence-electron chi connectivity index (χ0n) is 20.7. The molecular formula is C23H45N5O5. The lowest BCUT2D eigenvalue weighted by Crippen LogP contribution is -2.59. The fourth-order valence-electron chi connectivity index (χ4n) is 3.33. The predicted octanol–water partition coefficient (Wildman–Crippen LogP) is 0.105. The van der Waals surface area contributed by atoms with Crippen molar-refractivity contribution in [1.29, 1.82) is 0 Å². The Morgan fingerprint density at radius 1 is 0.818 bits per heavy atom. The predicted molar refractivity (Wildman–Crippen MR) is 128 cm³/mol. The normalized spacial score (nSPS) is 15.6. The molecule has 0 saturated heterocycles. The maximum Gasteiger partial charge on any atom is 0.245 e. The van der Waals surface area contributed by atoms with Crippen LogP contribution in [0, 0.1) is 5.92 Å². The lowest BCUT2D eigenvalue weighted by Gasteiger charge is -2.26. The molecule has 8 N–H and O–H groups in total. The van der Waals surface area contributed by atoms with Gasteiger partial charge < -0.3 is 32.5 Å². The molecular weight excluding hydrogens is 426 g/mol. The Bertz CT molecular complexity index is 614. The third-order valence-corrected chi connectivity index (χ3v) is 5.73. The highest BCUT2D eigenvalue weighted by atomic mass is 16.3. The Morgan fingerprint density at radius 3 is 1.94 bits per heavy atom. The molecule has 2 unspecified atom stereocenters. The number of Topliss-reactive ketones (excluding diaryl/α,β-unsaturated/α-hetero) is 1. The molecule has 0 rings (SSSR count). The molecule has 10 nitrogen and oxygen atoms in total. The number of ketones is 1. The summed E-state index contributed by atoms with van der Waals surface area (Å²) in [5.74, 6) is -1.15. The van der Waals surface area contributed by atoms with Crippen molar-refractivity contribution >= 4 is 23.5 Å². The summed E-state index contributed by atoms with van der Waals surface area (Å²) in [6, 6.07) is -3.01. The molecule has 10 heteroatoms. The molecule has 0 aliphatic carbocycles. The van der Waals surface area contributed by atoms with E-state index in [9.17, 15) is 24.3 Å². The molecule has 0 aromatic heterocycles. The third kappa shape index (κ3) is 12.7. The van der Waals surface area contributed by atoms with Crippen LogP contribution < -0.4 is 27.4 Å². The van der Waals surface area contributed by atoms with E-state index in [-0.39, 0.29) is 44.0 Å². The van der Waals surface area contributed by atoms with Crippen molar-refractivity contribution in [3.63, 3.8) is 0 Å². The van der Waals surface area contributed by atoms with Gasteiger partial charge in [-0.15, -0.1) is 0 Å². The smallest absolute Gasteiger partial charge is 0.245 e. The number of nitrogens with one attached hydrogen (secondary N) is 3. The summed E-state index contributed by atoms with van der Waals surface area (Å²) >= 11 is 0. The fraction of sp³-hybridized carbons (Fsp3) is 0.826. The van der Waals surface area contributed by atoms with Crippen LogP contribution in [0.5, 0.6) is 0 Å². The van der Waals surface area contributed by atoms with Crippen molar-refractivity contribution in [1.82, 2.24) is 16.0 Å². The van der Waals surface area contributed by atoms with Gasteiger partial charge in [0.15, 0.2) is 5.78 Å². The second kappa shape index (κ2) is 17.4. The van der Waals surface area contributed by atoms with E-state index in [2.05, 4.69) is 29.8 Å². The van der Waals surface area contributed by atoms with Crippen molar-refractivity contribution in [3.05, 3.63) is 0 Å². The zero-order valence-corrected chi connectivity index (χ0v) is 20.7. The first-order valence-electron chi connectivity index (χ1n) is 12.1. The van der Waals surface area contributed by atoms with E-state index in [0.717, 1.165) is 25.7 Å². The molecule has 0 spiro atoms. The first-order valence-corrected chi connectivity index (χ1v) is 12.1. The molecule has 0 heterocycles. The number of aliphatic hydroxyl groups excluding tert-OH is 1. The molecule has 5 atom stereocenters. The molecule has 0 bridgehead atoms. The zero-order chi connectivity index (χ0) is 25.4. The average Bonchev–Trinajstić information content (AvgIpc) is 2.78. The van der Waals surface area contributed by atoms with Crippen LogP contribution in [0.2, 0.25) is 0 Å². The van der Waals surface area contributed by atoms with Gasteiger partial charge in [0, 0.05) is 12.8 Å². The SMILES string of the molecule is CCC(=O)[C@H](CCN)NC(=O)[C@@H](NC(=O)[C@H](CCN)NC(=O)CCCCC(C)CC)C(C)O. The Kier molecular flexibility index (Phi) is 16.4. The Balaban J connectivity index is 5.02. The molecule has 0 radical (unpaired) electrons. The van der Waals surface area contributed by atoms with Gasteiger partial charge in [0.05, 0.1) is 12.1 Å². The van der Waals surface area contributed by atoms with Gasteiger partial charge in [-0.1, -0.05) is 40.0 Å². The Labute approximate surface area is 198 Å². The van der Waals surface area contributed by atoms with E-state index in [1.165, 1.54) is 6.92 Å². The van der Waals surface area contributed by atoms with Crippen molar-refractivity contribution < 1.29 is 24.3 Å². The van der Waals surface area contributed by atoms with Crippen LogP contribution in [-0.4, -0.2) is 65.9 Å². The molecule has 0 aromatic carbocycles. The van der Waals surface area contributed by atoms with Crippen molar-refractivity contribution in [2.45, 2.75) is 103 Å². The summed E-state index contributed by atoms with van der Waals surface area (Å²) < 4.78 is 0. The Hall–Kier alpha value is -2.04. The van der Waals surface area contributed by atoms with E-state index < -0.39 is 36.0 Å². The number of carbonyl (C=O) groups excluding carboxylic acids is 4. The average molecular weight is 472 g/mol. The maximum absolute atomic E-state index is 12.8. The standard InChI is InChI=1S/C23H45N5O5/c1-5-15(3)9-7-8-10-20(31)26-18(12-14-25)22(32)28-21(16(4)29)23(33)27-17(11-13-24)19(30)6-2/h15-18,21,29H,5-14,24-25H2,1-4H3,(H,26,31)(H,27,33)(H,28,32)/t15?,16?,17-,18-,21-/m0/s1. The molecule has 0 aliphatic rings. The lowest BCUT2D eigenvalue weighted by molar-refractivity contribution is -0.135. The van der Waals surface area contributed by atoms with Gasteiger partial charge in [0.25, 0.3) is 0 Å². The summed E-state index contributed by atoms with van der Waals surface area (Å²) in [5, 5.41) is 17.8. The van der Waals surface area contributed by atoms with Gasteiger partial charge in [-0.3, -0.25) is 19.2 Å². The largest absolute Gasteiger partial charge is 0.391 e. The van der Waals surface area contributed by atoms with E-state index in [4.69, 9.17) is 11.5 Å². The van der Waals surface area contributed by atoms with Gasteiger partial charge >= 0.3 is 0 Å².